The number of amides is 1. The van der Waals surface area contributed by atoms with E-state index in [2.05, 4.69) is 20.7 Å². The van der Waals surface area contributed by atoms with Crippen molar-refractivity contribution in [2.24, 2.45) is 0 Å². The van der Waals surface area contributed by atoms with E-state index in [4.69, 9.17) is 4.74 Å². The minimum absolute atomic E-state index is 0.0542. The molecule has 1 amide bonds. The van der Waals surface area contributed by atoms with Crippen molar-refractivity contribution >= 4 is 11.6 Å². The Hall–Kier alpha value is -3.20. The van der Waals surface area contributed by atoms with Gasteiger partial charge in [-0.1, -0.05) is 0 Å². The van der Waals surface area contributed by atoms with Crippen molar-refractivity contribution in [1.82, 2.24) is 24.6 Å². The standard InChI is InChI=1S/C17H15FN6O2/c18-12-5-10(6-13-16(12)26-9-15(25)21-13)23-3-2-20-17(23)14-7-11-8-19-1-4-24(11)22-14/h2-3,5-7,19H,1,4,8-9H2,(H,21,25). The highest BCUT2D eigenvalue weighted by molar-refractivity contribution is 5.95. The Kier molecular flexibility index (Phi) is 3.29. The topological polar surface area (TPSA) is 86.0 Å². The number of benzene rings is 1. The van der Waals surface area contributed by atoms with Gasteiger partial charge >= 0.3 is 0 Å². The maximum Gasteiger partial charge on any atom is 0.262 e. The molecule has 2 aliphatic heterocycles. The van der Waals surface area contributed by atoms with Gasteiger partial charge < -0.3 is 15.4 Å². The van der Waals surface area contributed by atoms with Gasteiger partial charge in [0, 0.05) is 31.5 Å². The number of anilines is 1. The number of nitrogens with zero attached hydrogens (tertiary/aromatic N) is 4. The lowest BCUT2D eigenvalue weighted by Crippen LogP contribution is -2.28. The first-order valence-electron chi connectivity index (χ1n) is 8.27. The molecule has 1 aromatic carbocycles. The Morgan fingerprint density at radius 1 is 1.27 bits per heavy atom. The van der Waals surface area contributed by atoms with E-state index in [1.54, 1.807) is 23.0 Å². The zero-order chi connectivity index (χ0) is 17.7. The first kappa shape index (κ1) is 15.1. The molecule has 0 spiro atoms. The maximum atomic E-state index is 14.4. The van der Waals surface area contributed by atoms with Crippen LogP contribution in [0.4, 0.5) is 10.1 Å². The van der Waals surface area contributed by atoms with Crippen LogP contribution in [0.25, 0.3) is 17.2 Å². The molecule has 2 aromatic heterocycles. The summed E-state index contributed by atoms with van der Waals surface area (Å²) >= 11 is 0. The van der Waals surface area contributed by atoms with Crippen LogP contribution >= 0.6 is 0 Å². The molecule has 5 rings (SSSR count). The number of halogens is 1. The molecule has 0 fully saturated rings. The molecule has 0 radical (unpaired) electrons. The summed E-state index contributed by atoms with van der Waals surface area (Å²) in [6.45, 7) is 2.24. The van der Waals surface area contributed by atoms with E-state index in [-0.39, 0.29) is 18.3 Å². The van der Waals surface area contributed by atoms with Crippen molar-refractivity contribution in [3.05, 3.63) is 42.1 Å². The van der Waals surface area contributed by atoms with Crippen LogP contribution in [0.3, 0.4) is 0 Å². The quantitative estimate of drug-likeness (QED) is 0.725. The molecule has 3 aromatic rings. The van der Waals surface area contributed by atoms with Gasteiger partial charge in [0.1, 0.15) is 5.69 Å². The Labute approximate surface area is 147 Å². The second kappa shape index (κ2) is 5.67. The molecule has 0 aliphatic carbocycles. The largest absolute Gasteiger partial charge is 0.478 e. The average molecular weight is 354 g/mol. The molecular formula is C17H15FN6O2. The minimum atomic E-state index is -0.537. The van der Waals surface area contributed by atoms with Crippen molar-refractivity contribution in [2.75, 3.05) is 18.5 Å². The van der Waals surface area contributed by atoms with E-state index in [0.717, 1.165) is 25.3 Å². The normalized spacial score (nSPS) is 15.8. The number of carbonyl (C=O) groups excluding carboxylic acids is 1. The third kappa shape index (κ3) is 2.36. The summed E-state index contributed by atoms with van der Waals surface area (Å²) < 4.78 is 23.3. The van der Waals surface area contributed by atoms with Crippen molar-refractivity contribution < 1.29 is 13.9 Å². The lowest BCUT2D eigenvalue weighted by atomic mass is 10.2. The van der Waals surface area contributed by atoms with Gasteiger partial charge in [0.05, 0.1) is 23.6 Å². The first-order valence-corrected chi connectivity index (χ1v) is 8.27. The maximum absolute atomic E-state index is 14.4. The fourth-order valence-corrected chi connectivity index (χ4v) is 3.29. The van der Waals surface area contributed by atoms with Gasteiger partial charge in [-0.3, -0.25) is 14.0 Å². The second-order valence-electron chi connectivity index (χ2n) is 6.18. The molecule has 8 nitrogen and oxygen atoms in total. The zero-order valence-electron chi connectivity index (χ0n) is 13.7. The summed E-state index contributed by atoms with van der Waals surface area (Å²) in [5.41, 5.74) is 2.64. The summed E-state index contributed by atoms with van der Waals surface area (Å²) in [4.78, 5) is 15.9. The number of hydrogen-bond donors (Lipinski definition) is 2. The van der Waals surface area contributed by atoms with Crippen molar-refractivity contribution in [1.29, 1.82) is 0 Å². The van der Waals surface area contributed by atoms with Crippen LogP contribution in [0.5, 0.6) is 5.75 Å². The molecule has 0 saturated carbocycles. The van der Waals surface area contributed by atoms with Crippen LogP contribution in [0.1, 0.15) is 5.69 Å². The smallest absolute Gasteiger partial charge is 0.262 e. The van der Waals surface area contributed by atoms with Crippen LogP contribution in [0, 0.1) is 5.82 Å². The summed E-state index contributed by atoms with van der Waals surface area (Å²) in [6.07, 6.45) is 3.37. The molecule has 132 valence electrons. The molecule has 0 saturated heterocycles. The van der Waals surface area contributed by atoms with Gasteiger partial charge in [-0.2, -0.15) is 5.10 Å². The summed E-state index contributed by atoms with van der Waals surface area (Å²) in [6, 6.07) is 5.00. The van der Waals surface area contributed by atoms with Gasteiger partial charge in [0.2, 0.25) is 0 Å². The van der Waals surface area contributed by atoms with Crippen molar-refractivity contribution in [3.63, 3.8) is 0 Å². The van der Waals surface area contributed by atoms with Gasteiger partial charge in [0.25, 0.3) is 5.91 Å². The van der Waals surface area contributed by atoms with E-state index in [1.165, 1.54) is 6.07 Å². The molecule has 0 atom stereocenters. The Morgan fingerprint density at radius 3 is 3.08 bits per heavy atom. The molecule has 9 heteroatoms. The second-order valence-corrected chi connectivity index (χ2v) is 6.18. The Balaban J connectivity index is 1.59. The lowest BCUT2D eigenvalue weighted by molar-refractivity contribution is -0.118. The van der Waals surface area contributed by atoms with E-state index in [0.29, 0.717) is 22.9 Å². The molecule has 26 heavy (non-hydrogen) atoms. The number of fused-ring (bicyclic) bond motifs is 2. The number of aromatic nitrogens is 4. The Morgan fingerprint density at radius 2 is 2.19 bits per heavy atom. The molecule has 4 heterocycles. The number of rotatable bonds is 2. The molecular weight excluding hydrogens is 339 g/mol. The highest BCUT2D eigenvalue weighted by Gasteiger charge is 2.23. The molecule has 2 N–H and O–H groups in total. The average Bonchev–Trinajstić information content (AvgIpc) is 3.27. The number of ether oxygens (including phenoxy) is 1. The SMILES string of the molecule is O=C1COc2c(F)cc(-n3ccnc3-c3cc4n(n3)CCNC4)cc2N1. The highest BCUT2D eigenvalue weighted by Crippen LogP contribution is 2.34. The molecule has 0 unspecified atom stereocenters. The minimum Gasteiger partial charge on any atom is -0.478 e. The summed E-state index contributed by atoms with van der Waals surface area (Å²) in [5, 5.41) is 10.5. The lowest BCUT2D eigenvalue weighted by Gasteiger charge is -2.19. The van der Waals surface area contributed by atoms with Crippen molar-refractivity contribution in [3.8, 4) is 23.0 Å². The summed E-state index contributed by atoms with van der Waals surface area (Å²) in [5.74, 6) is -0.187. The fraction of sp³-hybridized carbons (Fsp3) is 0.235. The number of imidazole rings is 1. The van der Waals surface area contributed by atoms with Gasteiger partial charge in [-0.05, 0) is 12.1 Å². The third-order valence-electron chi connectivity index (χ3n) is 4.47. The van der Waals surface area contributed by atoms with Crippen LogP contribution in [-0.2, 0) is 17.9 Å². The van der Waals surface area contributed by atoms with Crippen LogP contribution < -0.4 is 15.4 Å². The number of nitrogens with one attached hydrogen (secondary N) is 2. The number of carbonyl (C=O) groups is 1. The van der Waals surface area contributed by atoms with E-state index < -0.39 is 5.82 Å². The monoisotopic (exact) mass is 354 g/mol. The van der Waals surface area contributed by atoms with Crippen LogP contribution in [-0.4, -0.2) is 38.4 Å². The Bertz CT molecular complexity index is 1000. The molecule has 0 bridgehead atoms. The third-order valence-corrected chi connectivity index (χ3v) is 4.47. The predicted octanol–water partition coefficient (Wildman–Crippen LogP) is 1.31. The summed E-state index contributed by atoms with van der Waals surface area (Å²) in [7, 11) is 0. The van der Waals surface area contributed by atoms with Gasteiger partial charge in [-0.15, -0.1) is 0 Å². The van der Waals surface area contributed by atoms with Gasteiger partial charge in [-0.25, -0.2) is 9.37 Å². The van der Waals surface area contributed by atoms with Gasteiger partial charge in [0.15, 0.2) is 24.0 Å². The first-order chi connectivity index (χ1) is 12.7. The fourth-order valence-electron chi connectivity index (χ4n) is 3.29. The zero-order valence-corrected chi connectivity index (χ0v) is 13.7. The van der Waals surface area contributed by atoms with Crippen LogP contribution in [0.2, 0.25) is 0 Å². The molecule has 2 aliphatic rings. The van der Waals surface area contributed by atoms with Crippen LogP contribution in [0.15, 0.2) is 30.6 Å². The highest BCUT2D eigenvalue weighted by atomic mass is 19.1. The van der Waals surface area contributed by atoms with E-state index in [1.807, 2.05) is 10.7 Å². The van der Waals surface area contributed by atoms with Crippen molar-refractivity contribution in [2.45, 2.75) is 13.1 Å². The number of hydrogen-bond acceptors (Lipinski definition) is 5. The van der Waals surface area contributed by atoms with E-state index in [9.17, 15) is 9.18 Å². The van der Waals surface area contributed by atoms with E-state index >= 15 is 0 Å². The predicted molar refractivity (Wildman–Crippen MR) is 90.6 cm³/mol.